The molecule has 0 saturated heterocycles. The molecule has 1 aromatic carbocycles. The van der Waals surface area contributed by atoms with Gasteiger partial charge in [-0.25, -0.2) is 13.1 Å². The Bertz CT molecular complexity index is 845. The third-order valence-electron chi connectivity index (χ3n) is 4.74. The molecule has 3 rings (SSSR count). The fourth-order valence-electron chi connectivity index (χ4n) is 2.83. The number of nitrogens with one attached hydrogen (secondary N) is 1. The van der Waals surface area contributed by atoms with Crippen LogP contribution in [0.25, 0.3) is 0 Å². The Kier molecular flexibility index (Phi) is 5.43. The van der Waals surface area contributed by atoms with Gasteiger partial charge in [-0.05, 0) is 43.9 Å². The second-order valence-electron chi connectivity index (χ2n) is 7.19. The van der Waals surface area contributed by atoms with E-state index in [2.05, 4.69) is 4.72 Å². The molecule has 0 aromatic heterocycles. The number of carboxylic acid groups (broad SMARTS) is 1. The van der Waals surface area contributed by atoms with Crippen molar-refractivity contribution in [2.75, 3.05) is 13.7 Å². The topological polar surface area (TPSA) is 113 Å². The third kappa shape index (κ3) is 4.59. The monoisotopic (exact) mass is 396 g/mol. The highest BCUT2D eigenvalue weighted by molar-refractivity contribution is 7.89. The summed E-state index contributed by atoms with van der Waals surface area (Å²) in [6.45, 7) is 1.64. The molecule has 2 aliphatic rings. The average Bonchev–Trinajstić information content (AvgIpc) is 3.52. The molecule has 2 aliphatic carbocycles. The van der Waals surface area contributed by atoms with E-state index in [0.717, 1.165) is 25.7 Å². The van der Waals surface area contributed by atoms with Crippen molar-refractivity contribution < 1.29 is 27.9 Å². The van der Waals surface area contributed by atoms with Crippen LogP contribution in [0.4, 0.5) is 0 Å². The standard InChI is InChI=1S/C18H24N2O6S/c1-11(18(22)23)10-20(14-6-7-14)17(21)12-3-8-15(26-2)16(9-12)27(24,25)19-13-4-5-13/h3,8-9,11,13-14,19H,4-7,10H2,1-2H3,(H,22,23). The van der Waals surface area contributed by atoms with E-state index < -0.39 is 21.9 Å². The lowest BCUT2D eigenvalue weighted by Gasteiger charge is -2.25. The summed E-state index contributed by atoms with van der Waals surface area (Å²) in [5.74, 6) is -1.87. The zero-order valence-corrected chi connectivity index (χ0v) is 16.2. The minimum atomic E-state index is -3.80. The highest BCUT2D eigenvalue weighted by Crippen LogP contribution is 2.32. The van der Waals surface area contributed by atoms with Gasteiger partial charge < -0.3 is 14.7 Å². The number of benzene rings is 1. The average molecular weight is 396 g/mol. The van der Waals surface area contributed by atoms with Crippen LogP contribution in [0.2, 0.25) is 0 Å². The molecule has 27 heavy (non-hydrogen) atoms. The van der Waals surface area contributed by atoms with E-state index in [1.807, 2.05) is 0 Å². The summed E-state index contributed by atoms with van der Waals surface area (Å²) in [7, 11) is -2.43. The SMILES string of the molecule is COc1ccc(C(=O)N(CC(C)C(=O)O)C2CC2)cc1S(=O)(=O)NC1CC1. The van der Waals surface area contributed by atoms with Crippen molar-refractivity contribution >= 4 is 21.9 Å². The number of carbonyl (C=O) groups excluding carboxylic acids is 1. The van der Waals surface area contributed by atoms with Gasteiger partial charge in [0.2, 0.25) is 10.0 Å². The number of hydrogen-bond donors (Lipinski definition) is 2. The van der Waals surface area contributed by atoms with Gasteiger partial charge in [0.25, 0.3) is 5.91 Å². The maximum Gasteiger partial charge on any atom is 0.308 e. The molecule has 1 atom stereocenters. The van der Waals surface area contributed by atoms with Gasteiger partial charge in [-0.1, -0.05) is 6.92 Å². The van der Waals surface area contributed by atoms with Crippen LogP contribution in [0.15, 0.2) is 23.1 Å². The summed E-state index contributed by atoms with van der Waals surface area (Å²) >= 11 is 0. The lowest BCUT2D eigenvalue weighted by Crippen LogP contribution is -2.38. The first-order valence-electron chi connectivity index (χ1n) is 8.97. The van der Waals surface area contributed by atoms with Crippen LogP contribution < -0.4 is 9.46 Å². The maximum absolute atomic E-state index is 13.0. The third-order valence-corrected chi connectivity index (χ3v) is 6.28. The fraction of sp³-hybridized carbons (Fsp3) is 0.556. The Morgan fingerprint density at radius 1 is 1.30 bits per heavy atom. The molecule has 2 saturated carbocycles. The van der Waals surface area contributed by atoms with Gasteiger partial charge in [0.1, 0.15) is 10.6 Å². The first-order chi connectivity index (χ1) is 12.7. The number of hydrogen-bond acceptors (Lipinski definition) is 5. The molecule has 0 bridgehead atoms. The molecule has 9 heteroatoms. The normalized spacial score (nSPS) is 18.0. The number of carbonyl (C=O) groups is 2. The number of sulfonamides is 1. The van der Waals surface area contributed by atoms with Crippen LogP contribution in [0.1, 0.15) is 43.0 Å². The van der Waals surface area contributed by atoms with Gasteiger partial charge in [0.05, 0.1) is 13.0 Å². The predicted octanol–water partition coefficient (Wildman–Crippen LogP) is 1.46. The Morgan fingerprint density at radius 2 is 1.96 bits per heavy atom. The second kappa shape index (κ2) is 7.47. The number of methoxy groups -OCH3 is 1. The van der Waals surface area contributed by atoms with Crippen molar-refractivity contribution in [3.8, 4) is 5.75 Å². The molecule has 2 fully saturated rings. The minimum absolute atomic E-state index is 0.00560. The quantitative estimate of drug-likeness (QED) is 0.653. The minimum Gasteiger partial charge on any atom is -0.495 e. The molecule has 8 nitrogen and oxygen atoms in total. The number of nitrogens with zero attached hydrogens (tertiary/aromatic N) is 1. The van der Waals surface area contributed by atoms with E-state index in [9.17, 15) is 18.0 Å². The van der Waals surface area contributed by atoms with Crippen LogP contribution in [0.5, 0.6) is 5.75 Å². The lowest BCUT2D eigenvalue weighted by atomic mass is 10.1. The van der Waals surface area contributed by atoms with Crippen molar-refractivity contribution in [3.63, 3.8) is 0 Å². The Morgan fingerprint density at radius 3 is 2.48 bits per heavy atom. The van der Waals surface area contributed by atoms with E-state index in [4.69, 9.17) is 9.84 Å². The number of rotatable bonds is 9. The summed E-state index contributed by atoms with van der Waals surface area (Å²) in [6, 6.07) is 4.22. The molecular weight excluding hydrogens is 372 g/mol. The largest absolute Gasteiger partial charge is 0.495 e. The Balaban J connectivity index is 1.89. The first-order valence-corrected chi connectivity index (χ1v) is 10.5. The number of carboxylic acids is 1. The summed E-state index contributed by atoms with van der Waals surface area (Å²) in [5.41, 5.74) is 0.205. The summed E-state index contributed by atoms with van der Waals surface area (Å²) in [5, 5.41) is 9.15. The van der Waals surface area contributed by atoms with Crippen molar-refractivity contribution in [2.24, 2.45) is 5.92 Å². The predicted molar refractivity (Wildman–Crippen MR) is 97.2 cm³/mol. The van der Waals surface area contributed by atoms with Gasteiger partial charge >= 0.3 is 5.97 Å². The Labute approximate surface area is 158 Å². The van der Waals surface area contributed by atoms with Gasteiger partial charge in [0.15, 0.2) is 0 Å². The van der Waals surface area contributed by atoms with E-state index in [1.165, 1.54) is 30.2 Å². The molecule has 2 N–H and O–H groups in total. The number of ether oxygens (including phenoxy) is 1. The molecule has 148 valence electrons. The molecule has 0 aliphatic heterocycles. The van der Waals surface area contributed by atoms with Crippen LogP contribution in [0.3, 0.4) is 0 Å². The molecule has 0 radical (unpaired) electrons. The number of amides is 1. The summed E-state index contributed by atoms with van der Waals surface area (Å²) in [6.07, 6.45) is 3.23. The van der Waals surface area contributed by atoms with E-state index in [0.29, 0.717) is 0 Å². The van der Waals surface area contributed by atoms with Crippen LogP contribution in [-0.2, 0) is 14.8 Å². The molecule has 1 unspecified atom stereocenters. The van der Waals surface area contributed by atoms with Crippen molar-refractivity contribution in [3.05, 3.63) is 23.8 Å². The smallest absolute Gasteiger partial charge is 0.308 e. The van der Waals surface area contributed by atoms with Crippen molar-refractivity contribution in [1.29, 1.82) is 0 Å². The van der Waals surface area contributed by atoms with E-state index >= 15 is 0 Å². The maximum atomic E-state index is 13.0. The van der Waals surface area contributed by atoms with Crippen molar-refractivity contribution in [2.45, 2.75) is 49.6 Å². The van der Waals surface area contributed by atoms with Gasteiger partial charge in [-0.2, -0.15) is 0 Å². The first kappa shape index (κ1) is 19.6. The van der Waals surface area contributed by atoms with Crippen LogP contribution in [-0.4, -0.2) is 56.0 Å². The second-order valence-corrected chi connectivity index (χ2v) is 8.87. The van der Waals surface area contributed by atoms with Gasteiger partial charge in [-0.15, -0.1) is 0 Å². The highest BCUT2D eigenvalue weighted by Gasteiger charge is 2.36. The molecule has 1 amide bonds. The fourth-order valence-corrected chi connectivity index (χ4v) is 4.33. The lowest BCUT2D eigenvalue weighted by molar-refractivity contribution is -0.141. The number of aliphatic carboxylic acids is 1. The Hall–Kier alpha value is -2.13. The van der Waals surface area contributed by atoms with E-state index in [1.54, 1.807) is 6.92 Å². The highest BCUT2D eigenvalue weighted by atomic mass is 32.2. The zero-order chi connectivity index (χ0) is 19.8. The van der Waals surface area contributed by atoms with Crippen LogP contribution in [0, 0.1) is 5.92 Å². The van der Waals surface area contributed by atoms with Crippen molar-refractivity contribution in [1.82, 2.24) is 9.62 Å². The van der Waals surface area contributed by atoms with Gasteiger partial charge in [0, 0.05) is 24.2 Å². The summed E-state index contributed by atoms with van der Waals surface area (Å²) < 4.78 is 33.0. The molecule has 0 spiro atoms. The molecule has 0 heterocycles. The van der Waals surface area contributed by atoms with Gasteiger partial charge in [-0.3, -0.25) is 9.59 Å². The molecule has 1 aromatic rings. The van der Waals surface area contributed by atoms with Crippen LogP contribution >= 0.6 is 0 Å². The van der Waals surface area contributed by atoms with E-state index in [-0.39, 0.29) is 40.7 Å². The zero-order valence-electron chi connectivity index (χ0n) is 15.3. The summed E-state index contributed by atoms with van der Waals surface area (Å²) in [4.78, 5) is 25.6. The molecular formula is C18H24N2O6S.